The molecule has 0 saturated carbocycles. The van der Waals surface area contributed by atoms with E-state index < -0.39 is 5.41 Å². The number of benzene rings is 8. The summed E-state index contributed by atoms with van der Waals surface area (Å²) in [4.78, 5) is 19.6. The number of pyridine rings is 1. The Morgan fingerprint density at radius 3 is 1.49 bits per heavy atom. The van der Waals surface area contributed by atoms with E-state index >= 15 is 0 Å². The third kappa shape index (κ3) is 6.22. The molecule has 8 aromatic carbocycles. The summed E-state index contributed by atoms with van der Waals surface area (Å²) in [6.45, 7) is 0. The van der Waals surface area contributed by atoms with Gasteiger partial charge in [0, 0.05) is 29.1 Å². The average molecular weight is 805 g/mol. The molecule has 2 aliphatic carbocycles. The van der Waals surface area contributed by atoms with Crippen LogP contribution in [0.15, 0.2) is 219 Å². The maximum Gasteiger partial charge on any atom is 0.164 e. The highest BCUT2D eigenvalue weighted by atomic mass is 15.0. The highest BCUT2D eigenvalue weighted by Gasteiger charge is 2.46. The first kappa shape index (κ1) is 36.7. The van der Waals surface area contributed by atoms with E-state index in [4.69, 9.17) is 15.0 Å². The van der Waals surface area contributed by atoms with Crippen LogP contribution in [0.5, 0.6) is 0 Å². The van der Waals surface area contributed by atoms with Crippen molar-refractivity contribution in [1.82, 2.24) is 19.9 Å². The number of aromatic nitrogens is 4. The molecule has 2 aromatic heterocycles. The fourth-order valence-electron chi connectivity index (χ4n) is 9.92. The molecule has 4 heteroatoms. The van der Waals surface area contributed by atoms with Gasteiger partial charge in [0.2, 0.25) is 0 Å². The molecule has 4 nitrogen and oxygen atoms in total. The van der Waals surface area contributed by atoms with E-state index in [1.807, 2.05) is 30.6 Å². The molecular formula is C59H40N4. The number of hydrogen-bond donors (Lipinski definition) is 0. The van der Waals surface area contributed by atoms with Gasteiger partial charge in [0.1, 0.15) is 0 Å². The first-order valence-corrected chi connectivity index (χ1v) is 21.7. The molecule has 0 fully saturated rings. The van der Waals surface area contributed by atoms with E-state index in [-0.39, 0.29) is 0 Å². The average Bonchev–Trinajstić information content (AvgIpc) is 3.67. The zero-order chi connectivity index (χ0) is 41.7. The van der Waals surface area contributed by atoms with E-state index in [0.29, 0.717) is 17.5 Å². The van der Waals surface area contributed by atoms with E-state index in [2.05, 4.69) is 193 Å². The molecule has 2 aliphatic rings. The minimum absolute atomic E-state index is 0.543. The van der Waals surface area contributed by atoms with E-state index in [1.54, 1.807) is 0 Å². The molecule has 0 spiro atoms. The predicted octanol–water partition coefficient (Wildman–Crippen LogP) is 14.3. The minimum Gasteiger partial charge on any atom is -0.265 e. The maximum absolute atomic E-state index is 5.18. The van der Waals surface area contributed by atoms with Crippen LogP contribution in [-0.4, -0.2) is 19.9 Å². The second-order valence-electron chi connectivity index (χ2n) is 16.5. The molecule has 0 saturated heterocycles. The van der Waals surface area contributed by atoms with E-state index in [1.165, 1.54) is 77.2 Å². The fourth-order valence-corrected chi connectivity index (χ4v) is 9.92. The molecule has 2 heterocycles. The number of rotatable bonds is 7. The zero-order valence-corrected chi connectivity index (χ0v) is 34.5. The maximum atomic E-state index is 5.18. The number of nitrogens with zero attached hydrogens (tertiary/aromatic N) is 4. The predicted molar refractivity (Wildman–Crippen MR) is 258 cm³/mol. The van der Waals surface area contributed by atoms with Crippen molar-refractivity contribution in [2.24, 2.45) is 0 Å². The molecule has 10 aromatic rings. The second-order valence-corrected chi connectivity index (χ2v) is 16.5. The summed E-state index contributed by atoms with van der Waals surface area (Å²) in [5, 5.41) is 4.92. The largest absolute Gasteiger partial charge is 0.265 e. The van der Waals surface area contributed by atoms with Gasteiger partial charge in [-0.2, -0.15) is 0 Å². The highest BCUT2D eigenvalue weighted by molar-refractivity contribution is 6.09. The van der Waals surface area contributed by atoms with Gasteiger partial charge in [0.15, 0.2) is 17.5 Å². The number of fused-ring (bicyclic) bond motifs is 6. The molecule has 0 N–H and O–H groups in total. The molecule has 63 heavy (non-hydrogen) atoms. The van der Waals surface area contributed by atoms with Gasteiger partial charge in [0.25, 0.3) is 0 Å². The summed E-state index contributed by atoms with van der Waals surface area (Å²) < 4.78 is 0. The van der Waals surface area contributed by atoms with Crippen molar-refractivity contribution < 1.29 is 0 Å². The number of hydrogen-bond acceptors (Lipinski definition) is 4. The van der Waals surface area contributed by atoms with Gasteiger partial charge in [0.05, 0.1) is 5.41 Å². The van der Waals surface area contributed by atoms with Crippen molar-refractivity contribution in [2.45, 2.75) is 18.3 Å². The van der Waals surface area contributed by atoms with Gasteiger partial charge in [-0.25, -0.2) is 15.0 Å². The van der Waals surface area contributed by atoms with E-state index in [9.17, 15) is 0 Å². The molecule has 12 rings (SSSR count). The Morgan fingerprint density at radius 1 is 0.381 bits per heavy atom. The molecular weight excluding hydrogens is 765 g/mol. The Labute approximate surface area is 366 Å². The van der Waals surface area contributed by atoms with Crippen molar-refractivity contribution in [2.75, 3.05) is 0 Å². The molecule has 296 valence electrons. The lowest BCUT2D eigenvalue weighted by atomic mass is 9.67. The standard InChI is InChI=1S/C59H40N4/c1-5-13-40(14-6-1)56-61-57(41-15-7-2-8-16-41)63-58(62-56)47-26-30-55-53(38-47)52-37-44(25-29-54(52)59(55,48-17-9-3-10-18-48)49-19-11-4-12-20-49)43-24-28-51-46(36-43)22-21-45-35-42(23-27-50(45)51)39-31-33-60-34-32-39/h1,3-7,9-38H,2,8H2. The van der Waals surface area contributed by atoms with Crippen molar-refractivity contribution >= 4 is 27.1 Å². The van der Waals surface area contributed by atoms with Gasteiger partial charge in [-0.05, 0) is 126 Å². The van der Waals surface area contributed by atoms with Gasteiger partial charge in [-0.15, -0.1) is 0 Å². The quantitative estimate of drug-likeness (QED) is 0.151. The van der Waals surface area contributed by atoms with Crippen molar-refractivity contribution in [1.29, 1.82) is 0 Å². The molecule has 0 atom stereocenters. The normalized spacial score (nSPS) is 13.7. The van der Waals surface area contributed by atoms with Gasteiger partial charge in [-0.1, -0.05) is 170 Å². The summed E-state index contributed by atoms with van der Waals surface area (Å²) in [6.07, 6.45) is 12.3. The van der Waals surface area contributed by atoms with Crippen molar-refractivity contribution in [3.8, 4) is 56.2 Å². The summed E-state index contributed by atoms with van der Waals surface area (Å²) >= 11 is 0. The Bertz CT molecular complexity index is 3390. The second kappa shape index (κ2) is 15.1. The van der Waals surface area contributed by atoms with Crippen molar-refractivity contribution in [3.63, 3.8) is 0 Å². The molecule has 0 unspecified atom stereocenters. The Balaban J connectivity index is 1.04. The van der Waals surface area contributed by atoms with Crippen LogP contribution < -0.4 is 0 Å². The minimum atomic E-state index is -0.543. The van der Waals surface area contributed by atoms with Gasteiger partial charge < -0.3 is 0 Å². The molecule has 0 radical (unpaired) electrons. The molecule has 0 amide bonds. The monoisotopic (exact) mass is 804 g/mol. The van der Waals surface area contributed by atoms with Crippen LogP contribution in [0.4, 0.5) is 0 Å². The zero-order valence-electron chi connectivity index (χ0n) is 34.5. The third-order valence-electron chi connectivity index (χ3n) is 12.9. The summed E-state index contributed by atoms with van der Waals surface area (Å²) in [5.41, 5.74) is 14.4. The van der Waals surface area contributed by atoms with Crippen LogP contribution >= 0.6 is 0 Å². The number of allylic oxidation sites excluding steroid dienone is 4. The Morgan fingerprint density at radius 2 is 0.889 bits per heavy atom. The Hall–Kier alpha value is -8.08. The lowest BCUT2D eigenvalue weighted by Crippen LogP contribution is -2.28. The lowest BCUT2D eigenvalue weighted by Gasteiger charge is -2.34. The fraction of sp³-hybridized carbons (Fsp3) is 0.0508. The highest BCUT2D eigenvalue weighted by Crippen LogP contribution is 2.57. The summed E-state index contributed by atoms with van der Waals surface area (Å²) in [6, 6.07) is 68.4. The van der Waals surface area contributed by atoms with Crippen LogP contribution in [0.25, 0.3) is 83.3 Å². The topological polar surface area (TPSA) is 51.6 Å². The van der Waals surface area contributed by atoms with Crippen LogP contribution in [0.2, 0.25) is 0 Å². The van der Waals surface area contributed by atoms with Crippen LogP contribution in [-0.2, 0) is 5.41 Å². The molecule has 0 aliphatic heterocycles. The lowest BCUT2D eigenvalue weighted by molar-refractivity contribution is 0.768. The first-order chi connectivity index (χ1) is 31.2. The first-order valence-electron chi connectivity index (χ1n) is 21.7. The van der Waals surface area contributed by atoms with Crippen LogP contribution in [0.1, 0.15) is 40.9 Å². The van der Waals surface area contributed by atoms with Crippen molar-refractivity contribution in [3.05, 3.63) is 247 Å². The van der Waals surface area contributed by atoms with E-state index in [0.717, 1.165) is 29.5 Å². The Kier molecular flexibility index (Phi) is 8.82. The van der Waals surface area contributed by atoms with Gasteiger partial charge in [-0.3, -0.25) is 4.98 Å². The summed E-state index contributed by atoms with van der Waals surface area (Å²) in [5.74, 6) is 2.02. The molecule has 0 bridgehead atoms. The smallest absolute Gasteiger partial charge is 0.164 e. The van der Waals surface area contributed by atoms with Gasteiger partial charge >= 0.3 is 0 Å². The third-order valence-corrected chi connectivity index (χ3v) is 12.9. The summed E-state index contributed by atoms with van der Waals surface area (Å²) in [7, 11) is 0. The SMILES string of the molecule is C1=CC(c2nc(-c3ccccc3)nc(-c3ccc4c(c3)-c3cc(-c5ccc6c(ccc7cc(-c8ccncc8)ccc76)c5)ccc3C4(c3ccccc3)c3ccccc3)n2)=CCC1. The van der Waals surface area contributed by atoms with Crippen LogP contribution in [0, 0.1) is 0 Å². The van der Waals surface area contributed by atoms with Crippen LogP contribution in [0.3, 0.4) is 0 Å².